The van der Waals surface area contributed by atoms with Gasteiger partial charge in [0.2, 0.25) is 0 Å². The van der Waals surface area contributed by atoms with Crippen LogP contribution in [0.3, 0.4) is 0 Å². The third-order valence-corrected chi connectivity index (χ3v) is 4.36. The van der Waals surface area contributed by atoms with E-state index in [1.54, 1.807) is 12.1 Å². The van der Waals surface area contributed by atoms with Crippen molar-refractivity contribution in [2.24, 2.45) is 0 Å². The highest BCUT2D eigenvalue weighted by Crippen LogP contribution is 2.25. The second-order valence-corrected chi connectivity index (χ2v) is 6.45. The average Bonchev–Trinajstić information content (AvgIpc) is 2.90. The number of carbonyl (C=O) groups is 1. The number of carbonyl (C=O) groups excluding carboxylic acids is 1. The molecule has 0 aliphatic heterocycles. The maximum absolute atomic E-state index is 12.3. The molecule has 0 unspecified atom stereocenters. The Morgan fingerprint density at radius 3 is 2.68 bits per heavy atom. The summed E-state index contributed by atoms with van der Waals surface area (Å²) in [7, 11) is 0. The van der Waals surface area contributed by atoms with Gasteiger partial charge in [-0.15, -0.1) is 0 Å². The van der Waals surface area contributed by atoms with Gasteiger partial charge in [0.1, 0.15) is 16.9 Å². The molecule has 0 aliphatic rings. The van der Waals surface area contributed by atoms with Crippen molar-refractivity contribution in [2.75, 3.05) is 6.54 Å². The van der Waals surface area contributed by atoms with Crippen molar-refractivity contribution in [3.63, 3.8) is 0 Å². The Morgan fingerprint density at radius 2 is 1.96 bits per heavy atom. The second kappa shape index (κ2) is 6.97. The maximum atomic E-state index is 12.3. The first kappa shape index (κ1) is 17.0. The molecular formula is C20H22N2O3. The number of amides is 1. The molecule has 2 heterocycles. The summed E-state index contributed by atoms with van der Waals surface area (Å²) >= 11 is 0. The molecule has 5 nitrogen and oxygen atoms in total. The predicted molar refractivity (Wildman–Crippen MR) is 98.1 cm³/mol. The minimum Gasteiger partial charge on any atom is -0.461 e. The third kappa shape index (κ3) is 3.50. The van der Waals surface area contributed by atoms with Crippen molar-refractivity contribution < 1.29 is 9.21 Å². The fourth-order valence-electron chi connectivity index (χ4n) is 2.93. The lowest BCUT2D eigenvalue weighted by Gasteiger charge is -2.08. The van der Waals surface area contributed by atoms with Crippen LogP contribution in [-0.4, -0.2) is 17.4 Å². The Bertz CT molecular complexity index is 966. The van der Waals surface area contributed by atoms with Crippen LogP contribution < -0.4 is 10.9 Å². The molecule has 0 saturated carbocycles. The molecule has 3 rings (SSSR count). The van der Waals surface area contributed by atoms with Gasteiger partial charge in [0.25, 0.3) is 11.5 Å². The van der Waals surface area contributed by atoms with Crippen molar-refractivity contribution in [2.45, 2.75) is 33.1 Å². The molecular weight excluding hydrogens is 316 g/mol. The monoisotopic (exact) mass is 338 g/mol. The van der Waals surface area contributed by atoms with Crippen LogP contribution in [0.1, 0.15) is 47.1 Å². The Kier molecular flexibility index (Phi) is 4.74. The van der Waals surface area contributed by atoms with Crippen LogP contribution in [0.25, 0.3) is 11.0 Å². The van der Waals surface area contributed by atoms with Crippen LogP contribution in [0.4, 0.5) is 0 Å². The molecule has 0 fully saturated rings. The van der Waals surface area contributed by atoms with E-state index in [9.17, 15) is 9.59 Å². The van der Waals surface area contributed by atoms with Gasteiger partial charge in [-0.25, -0.2) is 0 Å². The van der Waals surface area contributed by atoms with Crippen molar-refractivity contribution in [3.8, 4) is 0 Å². The fourth-order valence-corrected chi connectivity index (χ4v) is 2.93. The molecule has 0 radical (unpaired) electrons. The van der Waals surface area contributed by atoms with Crippen LogP contribution in [0.2, 0.25) is 0 Å². The van der Waals surface area contributed by atoms with Gasteiger partial charge >= 0.3 is 0 Å². The number of para-hydroxylation sites is 1. The Labute approximate surface area is 146 Å². The number of nitrogens with one attached hydrogen (secondary N) is 2. The number of H-pyrrole nitrogens is 1. The normalized spacial score (nSPS) is 11.2. The van der Waals surface area contributed by atoms with Crippen molar-refractivity contribution in [3.05, 3.63) is 69.3 Å². The topological polar surface area (TPSA) is 75.1 Å². The number of hydrogen-bond acceptors (Lipinski definition) is 3. The lowest BCUT2D eigenvalue weighted by molar-refractivity contribution is 0.0952. The van der Waals surface area contributed by atoms with Crippen LogP contribution in [0.5, 0.6) is 0 Å². The molecule has 3 aromatic rings. The van der Waals surface area contributed by atoms with Gasteiger partial charge < -0.3 is 14.7 Å². The lowest BCUT2D eigenvalue weighted by atomic mass is 10.1. The summed E-state index contributed by atoms with van der Waals surface area (Å²) < 4.78 is 5.73. The van der Waals surface area contributed by atoms with E-state index in [1.165, 1.54) is 0 Å². The van der Waals surface area contributed by atoms with E-state index >= 15 is 0 Å². The first-order valence-corrected chi connectivity index (χ1v) is 8.46. The highest BCUT2D eigenvalue weighted by atomic mass is 16.3. The Hall–Kier alpha value is -2.82. The molecule has 5 heteroatoms. The van der Waals surface area contributed by atoms with E-state index in [0.29, 0.717) is 13.0 Å². The summed E-state index contributed by atoms with van der Waals surface area (Å²) in [6.45, 7) is 6.34. The highest BCUT2D eigenvalue weighted by Gasteiger charge is 2.13. The van der Waals surface area contributed by atoms with Crippen LogP contribution in [0.15, 0.2) is 45.6 Å². The van der Waals surface area contributed by atoms with E-state index in [-0.39, 0.29) is 22.9 Å². The number of hydrogen-bond donors (Lipinski definition) is 2. The van der Waals surface area contributed by atoms with Gasteiger partial charge in [0.15, 0.2) is 0 Å². The summed E-state index contributed by atoms with van der Waals surface area (Å²) in [5.41, 5.74) is 2.54. The molecule has 2 aromatic heterocycles. The number of furan rings is 1. The van der Waals surface area contributed by atoms with E-state index < -0.39 is 0 Å². The van der Waals surface area contributed by atoms with Gasteiger partial charge in [-0.2, -0.15) is 0 Å². The second-order valence-electron chi connectivity index (χ2n) is 6.45. The number of rotatable bonds is 5. The Morgan fingerprint density at radius 1 is 1.20 bits per heavy atom. The van der Waals surface area contributed by atoms with Crippen molar-refractivity contribution in [1.82, 2.24) is 10.3 Å². The van der Waals surface area contributed by atoms with Crippen molar-refractivity contribution in [1.29, 1.82) is 0 Å². The van der Waals surface area contributed by atoms with Crippen molar-refractivity contribution >= 4 is 16.9 Å². The van der Waals surface area contributed by atoms with Gasteiger partial charge in [0, 0.05) is 23.2 Å². The molecule has 130 valence electrons. The molecule has 0 bridgehead atoms. The fraction of sp³-hybridized carbons (Fsp3) is 0.300. The summed E-state index contributed by atoms with van der Waals surface area (Å²) in [6, 6.07) is 11.2. The number of pyridine rings is 1. The molecule has 0 spiro atoms. The zero-order valence-corrected chi connectivity index (χ0v) is 14.7. The summed E-state index contributed by atoms with van der Waals surface area (Å²) in [4.78, 5) is 27.1. The largest absolute Gasteiger partial charge is 0.461 e. The number of aryl methyl sites for hydroxylation is 1. The zero-order chi connectivity index (χ0) is 18.0. The predicted octanol–water partition coefficient (Wildman–Crippen LogP) is 3.53. The third-order valence-electron chi connectivity index (χ3n) is 4.36. The standard InChI is InChI=1S/C20H22N2O3/c1-12(2)17-9-8-16(20(24)22-17)19(23)21-11-10-14-13(3)25-18-7-5-4-6-15(14)18/h4-9,12H,10-11H2,1-3H3,(H,21,23)(H,22,24). The minimum atomic E-state index is -0.359. The minimum absolute atomic E-state index is 0.137. The molecule has 2 N–H and O–H groups in total. The molecule has 0 atom stereocenters. The summed E-state index contributed by atoms with van der Waals surface area (Å²) in [6.07, 6.45) is 0.649. The number of aromatic nitrogens is 1. The first-order chi connectivity index (χ1) is 12.0. The zero-order valence-electron chi connectivity index (χ0n) is 14.7. The highest BCUT2D eigenvalue weighted by molar-refractivity contribution is 5.93. The molecule has 1 amide bonds. The molecule has 0 saturated heterocycles. The number of fused-ring (bicyclic) bond motifs is 1. The van der Waals surface area contributed by atoms with E-state index in [0.717, 1.165) is 28.0 Å². The van der Waals surface area contributed by atoms with Gasteiger partial charge in [-0.3, -0.25) is 9.59 Å². The maximum Gasteiger partial charge on any atom is 0.261 e. The van der Waals surface area contributed by atoms with Crippen LogP contribution in [0, 0.1) is 6.92 Å². The quantitative estimate of drug-likeness (QED) is 0.747. The van der Waals surface area contributed by atoms with Gasteiger partial charge in [0.05, 0.1) is 0 Å². The Balaban J connectivity index is 1.68. The van der Waals surface area contributed by atoms with Gasteiger partial charge in [-0.05, 0) is 37.5 Å². The first-order valence-electron chi connectivity index (χ1n) is 8.46. The summed E-state index contributed by atoms with van der Waals surface area (Å²) in [5, 5.41) is 3.88. The van der Waals surface area contributed by atoms with E-state index in [4.69, 9.17) is 4.42 Å². The molecule has 25 heavy (non-hydrogen) atoms. The SMILES string of the molecule is Cc1oc2ccccc2c1CCNC(=O)c1ccc(C(C)C)[nH]c1=O. The number of aromatic amines is 1. The van der Waals surface area contributed by atoms with E-state index in [2.05, 4.69) is 10.3 Å². The summed E-state index contributed by atoms with van der Waals surface area (Å²) in [5.74, 6) is 0.707. The molecule has 1 aromatic carbocycles. The van der Waals surface area contributed by atoms with E-state index in [1.807, 2.05) is 45.0 Å². The van der Waals surface area contributed by atoms with Crippen LogP contribution >= 0.6 is 0 Å². The van der Waals surface area contributed by atoms with Crippen LogP contribution in [-0.2, 0) is 6.42 Å². The smallest absolute Gasteiger partial charge is 0.261 e. The number of benzene rings is 1. The van der Waals surface area contributed by atoms with Gasteiger partial charge in [-0.1, -0.05) is 32.0 Å². The molecule has 0 aliphatic carbocycles. The lowest BCUT2D eigenvalue weighted by Crippen LogP contribution is -2.31. The average molecular weight is 338 g/mol.